The number of nitrogens with one attached hydrogen (secondary N) is 1. The van der Waals surface area contributed by atoms with Crippen molar-refractivity contribution in [3.8, 4) is 17.2 Å². The smallest absolute Gasteiger partial charge is 0.243 e. The lowest BCUT2D eigenvalue weighted by Crippen LogP contribution is -2.38. The van der Waals surface area contributed by atoms with Gasteiger partial charge in [0.2, 0.25) is 5.91 Å². The van der Waals surface area contributed by atoms with Crippen LogP contribution < -0.4 is 25.4 Å². The first-order valence-electron chi connectivity index (χ1n) is 11.3. The van der Waals surface area contributed by atoms with Gasteiger partial charge < -0.3 is 34.7 Å². The number of carbonyl (C=O) groups excluding carboxylic acids is 1. The van der Waals surface area contributed by atoms with Crippen molar-refractivity contribution in [3.63, 3.8) is 0 Å². The number of fused-ring (bicyclic) bond motifs is 4. The van der Waals surface area contributed by atoms with Crippen molar-refractivity contribution in [2.24, 2.45) is 0 Å². The largest absolute Gasteiger partial charge is 0.494 e. The van der Waals surface area contributed by atoms with E-state index < -0.39 is 0 Å². The SMILES string of the molecule is COc1cc(-n2c3c(c4ncnc(N)c42)COC3)ccc1NC(=O)CN1CCOc2ccccc21. The number of amides is 1. The van der Waals surface area contributed by atoms with E-state index in [4.69, 9.17) is 19.9 Å². The molecule has 178 valence electrons. The number of ether oxygens (including phenoxy) is 3. The van der Waals surface area contributed by atoms with Gasteiger partial charge in [0, 0.05) is 17.3 Å². The minimum Gasteiger partial charge on any atom is -0.494 e. The summed E-state index contributed by atoms with van der Waals surface area (Å²) >= 11 is 0. The number of nitrogen functional groups attached to an aromatic ring is 1. The molecule has 4 aromatic rings. The fraction of sp³-hybridized carbons (Fsp3) is 0.240. The summed E-state index contributed by atoms with van der Waals surface area (Å²) in [5.41, 5.74) is 12.1. The quantitative estimate of drug-likeness (QED) is 0.455. The van der Waals surface area contributed by atoms with Crippen LogP contribution in [0.15, 0.2) is 48.8 Å². The third kappa shape index (κ3) is 3.58. The van der Waals surface area contributed by atoms with Crippen molar-refractivity contribution in [2.75, 3.05) is 42.8 Å². The molecule has 0 spiro atoms. The molecule has 4 heterocycles. The number of rotatable bonds is 5. The summed E-state index contributed by atoms with van der Waals surface area (Å²) in [7, 11) is 1.58. The van der Waals surface area contributed by atoms with E-state index in [1.165, 1.54) is 6.33 Å². The molecule has 2 aliphatic heterocycles. The van der Waals surface area contributed by atoms with E-state index in [2.05, 4.69) is 15.3 Å². The molecule has 2 aliphatic rings. The molecule has 0 saturated heterocycles. The van der Waals surface area contributed by atoms with Gasteiger partial charge in [-0.2, -0.15) is 0 Å². The number of nitrogens with two attached hydrogens (primary N) is 1. The Morgan fingerprint density at radius 1 is 1.20 bits per heavy atom. The van der Waals surface area contributed by atoms with Gasteiger partial charge in [-0.15, -0.1) is 0 Å². The highest BCUT2D eigenvalue weighted by Crippen LogP contribution is 2.37. The van der Waals surface area contributed by atoms with Crippen molar-refractivity contribution in [3.05, 3.63) is 60.0 Å². The molecule has 2 aromatic heterocycles. The Hall–Kier alpha value is -4.31. The molecule has 3 N–H and O–H groups in total. The molecule has 10 nitrogen and oxygen atoms in total. The van der Waals surface area contributed by atoms with Crippen molar-refractivity contribution in [1.29, 1.82) is 0 Å². The van der Waals surface area contributed by atoms with Gasteiger partial charge in [0.25, 0.3) is 0 Å². The number of hydrogen-bond donors (Lipinski definition) is 2. The molecule has 0 saturated carbocycles. The van der Waals surface area contributed by atoms with Gasteiger partial charge in [-0.1, -0.05) is 12.1 Å². The summed E-state index contributed by atoms with van der Waals surface area (Å²) in [6.45, 7) is 2.30. The molecular weight excluding hydrogens is 448 g/mol. The fourth-order valence-electron chi connectivity index (χ4n) is 4.75. The maximum Gasteiger partial charge on any atom is 0.243 e. The van der Waals surface area contributed by atoms with E-state index >= 15 is 0 Å². The number of hydrogen-bond acceptors (Lipinski definition) is 8. The normalized spacial score (nSPS) is 14.4. The molecule has 0 radical (unpaired) electrons. The predicted octanol–water partition coefficient (Wildman–Crippen LogP) is 2.88. The topological polar surface area (TPSA) is 117 Å². The molecule has 1 amide bonds. The first kappa shape index (κ1) is 21.2. The van der Waals surface area contributed by atoms with E-state index in [9.17, 15) is 4.79 Å². The van der Waals surface area contributed by atoms with Crippen LogP contribution in [0.1, 0.15) is 11.3 Å². The molecule has 0 aliphatic carbocycles. The second-order valence-electron chi connectivity index (χ2n) is 8.38. The summed E-state index contributed by atoms with van der Waals surface area (Å²) in [6.07, 6.45) is 1.46. The van der Waals surface area contributed by atoms with Gasteiger partial charge in [-0.25, -0.2) is 9.97 Å². The Kier molecular flexibility index (Phi) is 5.14. The lowest BCUT2D eigenvalue weighted by atomic mass is 10.2. The van der Waals surface area contributed by atoms with Gasteiger partial charge in [0.1, 0.15) is 35.5 Å². The Balaban J connectivity index is 1.29. The summed E-state index contributed by atoms with van der Waals surface area (Å²) in [6, 6.07) is 13.3. The molecular formula is C25H24N6O4. The van der Waals surface area contributed by atoms with Crippen LogP contribution in [-0.4, -0.2) is 47.2 Å². The highest BCUT2D eigenvalue weighted by molar-refractivity contribution is 5.96. The van der Waals surface area contributed by atoms with E-state index in [0.29, 0.717) is 43.6 Å². The molecule has 35 heavy (non-hydrogen) atoms. The second-order valence-corrected chi connectivity index (χ2v) is 8.38. The number of methoxy groups -OCH3 is 1. The maximum atomic E-state index is 12.9. The number of nitrogens with zero attached hydrogens (tertiary/aromatic N) is 4. The highest BCUT2D eigenvalue weighted by Gasteiger charge is 2.26. The summed E-state index contributed by atoms with van der Waals surface area (Å²) in [5, 5.41) is 2.98. The van der Waals surface area contributed by atoms with Crippen LogP contribution in [0.25, 0.3) is 16.7 Å². The van der Waals surface area contributed by atoms with E-state index in [1.807, 2.05) is 51.9 Å². The van der Waals surface area contributed by atoms with Crippen molar-refractivity contribution in [1.82, 2.24) is 14.5 Å². The lowest BCUT2D eigenvalue weighted by Gasteiger charge is -2.30. The van der Waals surface area contributed by atoms with Gasteiger partial charge in [-0.3, -0.25) is 4.79 Å². The Bertz CT molecular complexity index is 1450. The standard InChI is InChI=1S/C25H24N6O4/c1-33-21-10-15(31-19-13-34-12-16(19)23-24(31)25(26)28-14-27-23)6-7-17(21)29-22(32)11-30-8-9-35-20-5-3-2-4-18(20)30/h2-7,10,14H,8-9,11-13H2,1H3,(H,29,32)(H2,26,27,28). The van der Waals surface area contributed by atoms with Gasteiger partial charge in [0.15, 0.2) is 5.82 Å². The zero-order chi connectivity index (χ0) is 23.9. The Labute approximate surface area is 201 Å². The zero-order valence-electron chi connectivity index (χ0n) is 19.2. The first-order chi connectivity index (χ1) is 17.1. The third-order valence-corrected chi connectivity index (χ3v) is 6.34. The van der Waals surface area contributed by atoms with Crippen LogP contribution in [-0.2, 0) is 22.7 Å². The van der Waals surface area contributed by atoms with E-state index in [-0.39, 0.29) is 12.5 Å². The highest BCUT2D eigenvalue weighted by atomic mass is 16.5. The lowest BCUT2D eigenvalue weighted by molar-refractivity contribution is -0.115. The molecule has 10 heteroatoms. The van der Waals surface area contributed by atoms with Crippen LogP contribution in [0.2, 0.25) is 0 Å². The van der Waals surface area contributed by atoms with Crippen LogP contribution in [0.5, 0.6) is 11.5 Å². The monoisotopic (exact) mass is 472 g/mol. The van der Waals surface area contributed by atoms with Crippen molar-refractivity contribution >= 4 is 34.1 Å². The van der Waals surface area contributed by atoms with Gasteiger partial charge in [0.05, 0.1) is 50.5 Å². The number of carbonyl (C=O) groups is 1. The third-order valence-electron chi connectivity index (χ3n) is 6.34. The van der Waals surface area contributed by atoms with Crippen molar-refractivity contribution < 1.29 is 19.0 Å². The van der Waals surface area contributed by atoms with Crippen LogP contribution in [0.3, 0.4) is 0 Å². The average molecular weight is 473 g/mol. The summed E-state index contributed by atoms with van der Waals surface area (Å²) in [5.74, 6) is 1.56. The number of anilines is 3. The minimum absolute atomic E-state index is 0.147. The maximum absolute atomic E-state index is 12.9. The molecule has 0 atom stereocenters. The minimum atomic E-state index is -0.147. The number of aromatic nitrogens is 3. The second kappa shape index (κ2) is 8.48. The number of para-hydroxylation sites is 2. The number of benzene rings is 2. The van der Waals surface area contributed by atoms with Gasteiger partial charge >= 0.3 is 0 Å². The first-order valence-corrected chi connectivity index (χ1v) is 11.3. The molecule has 0 bridgehead atoms. The molecule has 0 unspecified atom stereocenters. The fourth-order valence-corrected chi connectivity index (χ4v) is 4.75. The van der Waals surface area contributed by atoms with Gasteiger partial charge in [-0.05, 0) is 24.3 Å². The average Bonchev–Trinajstić information content (AvgIpc) is 3.47. The van der Waals surface area contributed by atoms with Crippen LogP contribution >= 0.6 is 0 Å². The summed E-state index contributed by atoms with van der Waals surface area (Å²) in [4.78, 5) is 23.6. The van der Waals surface area contributed by atoms with Crippen molar-refractivity contribution in [2.45, 2.75) is 13.2 Å². The summed E-state index contributed by atoms with van der Waals surface area (Å²) < 4.78 is 19.0. The van der Waals surface area contributed by atoms with Crippen LogP contribution in [0.4, 0.5) is 17.2 Å². The predicted molar refractivity (Wildman–Crippen MR) is 131 cm³/mol. The zero-order valence-corrected chi connectivity index (χ0v) is 19.2. The van der Waals surface area contributed by atoms with E-state index in [1.54, 1.807) is 7.11 Å². The molecule has 6 rings (SSSR count). The van der Waals surface area contributed by atoms with E-state index in [0.717, 1.165) is 39.4 Å². The Morgan fingerprint density at radius 2 is 2.09 bits per heavy atom. The van der Waals surface area contributed by atoms with Crippen LogP contribution in [0, 0.1) is 0 Å². The molecule has 2 aromatic carbocycles. The molecule has 0 fully saturated rings. The Morgan fingerprint density at radius 3 is 2.97 bits per heavy atom.